The van der Waals surface area contributed by atoms with Gasteiger partial charge in [0.1, 0.15) is 5.75 Å². The van der Waals surface area contributed by atoms with Crippen molar-refractivity contribution < 1.29 is 4.74 Å². The van der Waals surface area contributed by atoms with Gasteiger partial charge < -0.3 is 10.5 Å². The Morgan fingerprint density at radius 3 is 2.62 bits per heavy atom. The molecule has 0 aliphatic carbocycles. The maximum atomic E-state index is 6.24. The standard InChI is InChI=1S/C13H18ClNO/c1-9(2)13-11(14)7-10(5-4-6-15)8-12(13)16-3/h4-5,7-9H,6,15H2,1-3H3/b5-4+. The molecule has 0 heterocycles. The first-order valence-corrected chi connectivity index (χ1v) is 5.72. The second kappa shape index (κ2) is 5.92. The molecule has 3 heteroatoms. The summed E-state index contributed by atoms with van der Waals surface area (Å²) in [6.07, 6.45) is 3.83. The van der Waals surface area contributed by atoms with E-state index in [1.165, 1.54) is 0 Å². The van der Waals surface area contributed by atoms with Gasteiger partial charge in [0.25, 0.3) is 0 Å². The summed E-state index contributed by atoms with van der Waals surface area (Å²) in [6, 6.07) is 3.92. The van der Waals surface area contributed by atoms with E-state index in [0.29, 0.717) is 12.5 Å². The van der Waals surface area contributed by atoms with E-state index >= 15 is 0 Å². The van der Waals surface area contributed by atoms with Crippen LogP contribution in [0.25, 0.3) is 6.08 Å². The summed E-state index contributed by atoms with van der Waals surface area (Å²) in [7, 11) is 1.66. The van der Waals surface area contributed by atoms with Crippen LogP contribution in [0, 0.1) is 0 Å². The predicted molar refractivity (Wildman–Crippen MR) is 70.2 cm³/mol. The zero-order valence-electron chi connectivity index (χ0n) is 9.96. The maximum absolute atomic E-state index is 6.24. The van der Waals surface area contributed by atoms with Crippen LogP contribution >= 0.6 is 11.6 Å². The molecule has 0 saturated carbocycles. The van der Waals surface area contributed by atoms with Gasteiger partial charge in [-0.1, -0.05) is 37.6 Å². The summed E-state index contributed by atoms with van der Waals surface area (Å²) in [5, 5.41) is 0.742. The SMILES string of the molecule is COc1cc(/C=C/CN)cc(Cl)c1C(C)C. The lowest BCUT2D eigenvalue weighted by Gasteiger charge is -2.14. The Hall–Kier alpha value is -0.990. The summed E-state index contributed by atoms with van der Waals surface area (Å²) >= 11 is 6.24. The van der Waals surface area contributed by atoms with E-state index in [1.54, 1.807) is 7.11 Å². The Balaban J connectivity index is 3.21. The van der Waals surface area contributed by atoms with Crippen LogP contribution in [-0.2, 0) is 0 Å². The molecule has 0 amide bonds. The van der Waals surface area contributed by atoms with E-state index in [9.17, 15) is 0 Å². The number of halogens is 1. The molecule has 0 radical (unpaired) electrons. The zero-order chi connectivity index (χ0) is 12.1. The molecule has 2 N–H and O–H groups in total. The third kappa shape index (κ3) is 3.00. The van der Waals surface area contributed by atoms with Crippen LogP contribution in [0.3, 0.4) is 0 Å². The highest BCUT2D eigenvalue weighted by Crippen LogP contribution is 2.34. The molecule has 0 aliphatic heterocycles. The molecule has 2 nitrogen and oxygen atoms in total. The van der Waals surface area contributed by atoms with Crippen molar-refractivity contribution in [3.05, 3.63) is 34.4 Å². The number of methoxy groups -OCH3 is 1. The number of hydrogen-bond acceptors (Lipinski definition) is 2. The smallest absolute Gasteiger partial charge is 0.124 e. The van der Waals surface area contributed by atoms with E-state index in [1.807, 2.05) is 24.3 Å². The van der Waals surface area contributed by atoms with Gasteiger partial charge in [0.15, 0.2) is 0 Å². The van der Waals surface area contributed by atoms with Gasteiger partial charge in [0, 0.05) is 17.1 Å². The van der Waals surface area contributed by atoms with Crippen molar-refractivity contribution in [3.63, 3.8) is 0 Å². The Morgan fingerprint density at radius 1 is 1.44 bits per heavy atom. The fourth-order valence-corrected chi connectivity index (χ4v) is 2.08. The van der Waals surface area contributed by atoms with Crippen LogP contribution in [0.4, 0.5) is 0 Å². The van der Waals surface area contributed by atoms with Crippen molar-refractivity contribution in [2.75, 3.05) is 13.7 Å². The minimum absolute atomic E-state index is 0.343. The Morgan fingerprint density at radius 2 is 2.12 bits per heavy atom. The summed E-state index contributed by atoms with van der Waals surface area (Å²) in [6.45, 7) is 4.71. The first kappa shape index (κ1) is 13.1. The molecule has 1 rings (SSSR count). The fraction of sp³-hybridized carbons (Fsp3) is 0.385. The van der Waals surface area contributed by atoms with Crippen LogP contribution < -0.4 is 10.5 Å². The van der Waals surface area contributed by atoms with Gasteiger partial charge in [0.05, 0.1) is 7.11 Å². The molecule has 0 fully saturated rings. The first-order chi connectivity index (χ1) is 7.60. The molecular weight excluding hydrogens is 222 g/mol. The molecule has 1 aromatic rings. The van der Waals surface area contributed by atoms with Crippen LogP contribution in [-0.4, -0.2) is 13.7 Å². The van der Waals surface area contributed by atoms with Crippen LogP contribution in [0.5, 0.6) is 5.75 Å². The fourth-order valence-electron chi connectivity index (χ4n) is 1.64. The normalized spacial score (nSPS) is 11.4. The highest BCUT2D eigenvalue weighted by atomic mass is 35.5. The first-order valence-electron chi connectivity index (χ1n) is 5.34. The lowest BCUT2D eigenvalue weighted by atomic mass is 10.00. The minimum atomic E-state index is 0.343. The molecule has 0 bridgehead atoms. The molecule has 0 saturated heterocycles. The lowest BCUT2D eigenvalue weighted by molar-refractivity contribution is 0.407. The molecular formula is C13H18ClNO. The van der Waals surface area contributed by atoms with E-state index in [2.05, 4.69) is 13.8 Å². The predicted octanol–water partition coefficient (Wildman–Crippen LogP) is 3.44. The molecule has 0 unspecified atom stereocenters. The Labute approximate surface area is 102 Å². The number of benzene rings is 1. The zero-order valence-corrected chi connectivity index (χ0v) is 10.7. The topological polar surface area (TPSA) is 35.2 Å². The van der Waals surface area contributed by atoms with Crippen LogP contribution in [0.15, 0.2) is 18.2 Å². The van der Waals surface area contributed by atoms with Crippen molar-refractivity contribution in [1.29, 1.82) is 0 Å². The Bertz CT molecular complexity index is 386. The lowest BCUT2D eigenvalue weighted by Crippen LogP contribution is -1.97. The maximum Gasteiger partial charge on any atom is 0.124 e. The summed E-state index contributed by atoms with van der Waals surface area (Å²) < 4.78 is 5.36. The average Bonchev–Trinajstić information content (AvgIpc) is 2.24. The monoisotopic (exact) mass is 239 g/mol. The highest BCUT2D eigenvalue weighted by Gasteiger charge is 2.12. The molecule has 0 aliphatic rings. The molecule has 16 heavy (non-hydrogen) atoms. The van der Waals surface area contributed by atoms with Crippen molar-refractivity contribution in [3.8, 4) is 5.75 Å². The molecule has 1 aromatic carbocycles. The van der Waals surface area contributed by atoms with Gasteiger partial charge >= 0.3 is 0 Å². The summed E-state index contributed by atoms with van der Waals surface area (Å²) in [5.41, 5.74) is 7.47. The van der Waals surface area contributed by atoms with Crippen molar-refractivity contribution in [1.82, 2.24) is 0 Å². The van der Waals surface area contributed by atoms with Gasteiger partial charge in [-0.3, -0.25) is 0 Å². The van der Waals surface area contributed by atoms with Crippen molar-refractivity contribution in [2.24, 2.45) is 5.73 Å². The van der Waals surface area contributed by atoms with Gasteiger partial charge in [-0.15, -0.1) is 0 Å². The van der Waals surface area contributed by atoms with Gasteiger partial charge in [-0.25, -0.2) is 0 Å². The van der Waals surface area contributed by atoms with E-state index in [0.717, 1.165) is 21.9 Å². The summed E-state index contributed by atoms with van der Waals surface area (Å²) in [5.74, 6) is 1.18. The largest absolute Gasteiger partial charge is 0.496 e. The van der Waals surface area contributed by atoms with E-state index < -0.39 is 0 Å². The van der Waals surface area contributed by atoms with Crippen molar-refractivity contribution >= 4 is 17.7 Å². The Kier molecular flexibility index (Phi) is 4.84. The number of rotatable bonds is 4. The number of nitrogens with two attached hydrogens (primary N) is 1. The van der Waals surface area contributed by atoms with Crippen LogP contribution in [0.1, 0.15) is 30.9 Å². The molecule has 0 spiro atoms. The third-order valence-electron chi connectivity index (χ3n) is 2.36. The van der Waals surface area contributed by atoms with Gasteiger partial charge in [-0.05, 0) is 23.6 Å². The van der Waals surface area contributed by atoms with Crippen molar-refractivity contribution in [2.45, 2.75) is 19.8 Å². The highest BCUT2D eigenvalue weighted by molar-refractivity contribution is 6.31. The molecule has 0 atom stereocenters. The van der Waals surface area contributed by atoms with E-state index in [4.69, 9.17) is 22.1 Å². The van der Waals surface area contributed by atoms with Gasteiger partial charge in [0.2, 0.25) is 0 Å². The second-order valence-electron chi connectivity index (χ2n) is 3.91. The van der Waals surface area contributed by atoms with Crippen LogP contribution in [0.2, 0.25) is 5.02 Å². The summed E-state index contributed by atoms with van der Waals surface area (Å²) in [4.78, 5) is 0. The van der Waals surface area contributed by atoms with Gasteiger partial charge in [-0.2, -0.15) is 0 Å². The second-order valence-corrected chi connectivity index (χ2v) is 4.32. The van der Waals surface area contributed by atoms with E-state index in [-0.39, 0.29) is 0 Å². The molecule has 88 valence electrons. The quantitative estimate of drug-likeness (QED) is 0.874. The minimum Gasteiger partial charge on any atom is -0.496 e. The number of ether oxygens (including phenoxy) is 1. The third-order valence-corrected chi connectivity index (χ3v) is 2.67. The molecule has 0 aromatic heterocycles. The number of hydrogen-bond donors (Lipinski definition) is 1. The average molecular weight is 240 g/mol.